The van der Waals surface area contributed by atoms with Gasteiger partial charge in [0.25, 0.3) is 0 Å². The molecule has 0 aliphatic carbocycles. The van der Waals surface area contributed by atoms with Crippen molar-refractivity contribution >= 4 is 5.97 Å². The van der Waals surface area contributed by atoms with Crippen LogP contribution in [0, 0.1) is 0 Å². The van der Waals surface area contributed by atoms with E-state index < -0.39 is 0 Å². The number of hydrogen-bond acceptors (Lipinski definition) is 4. The van der Waals surface area contributed by atoms with Crippen molar-refractivity contribution in [1.82, 2.24) is 5.32 Å². The summed E-state index contributed by atoms with van der Waals surface area (Å²) in [4.78, 5) is 11.4. The van der Waals surface area contributed by atoms with Crippen molar-refractivity contribution in [2.45, 2.75) is 19.8 Å². The average molecular weight is 277 g/mol. The van der Waals surface area contributed by atoms with Crippen LogP contribution in [0.15, 0.2) is 35.9 Å². The second-order valence-electron chi connectivity index (χ2n) is 4.34. The summed E-state index contributed by atoms with van der Waals surface area (Å²) in [6, 6.07) is 7.98. The molecule has 0 atom stereocenters. The maximum Gasteiger partial charge on any atom is 0.333 e. The highest BCUT2D eigenvalue weighted by Gasteiger charge is 2.05. The number of esters is 1. The highest BCUT2D eigenvalue weighted by Crippen LogP contribution is 2.17. The maximum absolute atomic E-state index is 11.4. The minimum Gasteiger partial charge on any atom is -0.496 e. The molecule has 20 heavy (non-hydrogen) atoms. The van der Waals surface area contributed by atoms with E-state index in [9.17, 15) is 4.79 Å². The Bertz CT molecular complexity index is 455. The molecule has 1 aromatic carbocycles. The number of hydrogen-bond donors (Lipinski definition) is 1. The Morgan fingerprint density at radius 3 is 2.70 bits per heavy atom. The van der Waals surface area contributed by atoms with Gasteiger partial charge >= 0.3 is 5.97 Å². The molecule has 0 spiro atoms. The zero-order chi connectivity index (χ0) is 14.8. The zero-order valence-corrected chi connectivity index (χ0v) is 12.4. The topological polar surface area (TPSA) is 47.6 Å². The van der Waals surface area contributed by atoms with Gasteiger partial charge in [0.15, 0.2) is 0 Å². The van der Waals surface area contributed by atoms with Gasteiger partial charge in [0.2, 0.25) is 0 Å². The second-order valence-corrected chi connectivity index (χ2v) is 4.34. The number of methoxy groups -OCH3 is 2. The van der Waals surface area contributed by atoms with Crippen LogP contribution in [0.4, 0.5) is 0 Å². The van der Waals surface area contributed by atoms with Crippen LogP contribution in [-0.4, -0.2) is 33.3 Å². The van der Waals surface area contributed by atoms with Crippen molar-refractivity contribution in [3.63, 3.8) is 0 Å². The molecule has 1 N–H and O–H groups in total. The van der Waals surface area contributed by atoms with Gasteiger partial charge in [-0.1, -0.05) is 31.2 Å². The van der Waals surface area contributed by atoms with E-state index in [1.807, 2.05) is 31.2 Å². The molecule has 4 heteroatoms. The summed E-state index contributed by atoms with van der Waals surface area (Å²) in [7, 11) is 3.08. The normalized spacial score (nSPS) is 11.2. The Balaban J connectivity index is 2.38. The fourth-order valence-corrected chi connectivity index (χ4v) is 1.93. The van der Waals surface area contributed by atoms with Gasteiger partial charge in [-0.15, -0.1) is 0 Å². The Morgan fingerprint density at radius 2 is 2.05 bits per heavy atom. The van der Waals surface area contributed by atoms with E-state index in [2.05, 4.69) is 11.4 Å². The summed E-state index contributed by atoms with van der Waals surface area (Å²) < 4.78 is 10.0. The zero-order valence-electron chi connectivity index (χ0n) is 12.4. The van der Waals surface area contributed by atoms with E-state index in [0.717, 1.165) is 18.7 Å². The number of carbonyl (C=O) groups excluding carboxylic acids is 1. The molecule has 0 heterocycles. The van der Waals surface area contributed by atoms with E-state index in [1.54, 1.807) is 7.11 Å². The molecule has 110 valence electrons. The highest BCUT2D eigenvalue weighted by atomic mass is 16.5. The van der Waals surface area contributed by atoms with E-state index >= 15 is 0 Å². The fraction of sp³-hybridized carbons (Fsp3) is 0.438. The molecular weight excluding hydrogens is 254 g/mol. The van der Waals surface area contributed by atoms with Gasteiger partial charge in [-0.3, -0.25) is 0 Å². The van der Waals surface area contributed by atoms with Crippen LogP contribution in [0.5, 0.6) is 5.75 Å². The van der Waals surface area contributed by atoms with Gasteiger partial charge in [0.1, 0.15) is 5.75 Å². The molecule has 0 aliphatic rings. The van der Waals surface area contributed by atoms with Crippen molar-refractivity contribution in [3.8, 4) is 5.75 Å². The van der Waals surface area contributed by atoms with Gasteiger partial charge in [-0.2, -0.15) is 0 Å². The smallest absolute Gasteiger partial charge is 0.333 e. The van der Waals surface area contributed by atoms with Crippen molar-refractivity contribution in [3.05, 3.63) is 41.5 Å². The monoisotopic (exact) mass is 277 g/mol. The molecule has 1 aromatic rings. The Kier molecular flexibility index (Phi) is 7.43. The predicted molar refractivity (Wildman–Crippen MR) is 80.0 cm³/mol. The molecule has 0 aromatic heterocycles. The maximum atomic E-state index is 11.4. The number of ether oxygens (including phenoxy) is 2. The third-order valence-corrected chi connectivity index (χ3v) is 3.08. The van der Waals surface area contributed by atoms with Crippen LogP contribution < -0.4 is 10.1 Å². The van der Waals surface area contributed by atoms with Gasteiger partial charge in [0, 0.05) is 12.1 Å². The van der Waals surface area contributed by atoms with E-state index in [4.69, 9.17) is 9.47 Å². The number of para-hydroxylation sites is 1. The summed E-state index contributed by atoms with van der Waals surface area (Å²) >= 11 is 0. The summed E-state index contributed by atoms with van der Waals surface area (Å²) in [5, 5.41) is 3.29. The van der Waals surface area contributed by atoms with Crippen molar-refractivity contribution in [1.29, 1.82) is 0 Å². The molecule has 4 nitrogen and oxygen atoms in total. The first-order valence-electron chi connectivity index (χ1n) is 6.82. The summed E-state index contributed by atoms with van der Waals surface area (Å²) in [6.45, 7) is 3.43. The lowest BCUT2D eigenvalue weighted by Crippen LogP contribution is -2.18. The standard InChI is InChI=1S/C16H23NO3/c1-4-13(16(18)20-3)9-11-17-12-10-14-7-5-6-8-15(14)19-2/h5-9,17H,4,10-12H2,1-3H3/b13-9-. The molecule has 0 bridgehead atoms. The quantitative estimate of drug-likeness (QED) is 0.450. The Labute approximate surface area is 120 Å². The Hall–Kier alpha value is -1.81. The second kappa shape index (κ2) is 9.15. The van der Waals surface area contributed by atoms with Gasteiger partial charge in [-0.05, 0) is 31.0 Å². The van der Waals surface area contributed by atoms with Crippen LogP contribution in [0.2, 0.25) is 0 Å². The number of benzene rings is 1. The first-order valence-corrected chi connectivity index (χ1v) is 6.82. The summed E-state index contributed by atoms with van der Waals surface area (Å²) in [5.74, 6) is 0.660. The molecule has 0 saturated carbocycles. The minimum absolute atomic E-state index is 0.251. The average Bonchev–Trinajstić information content (AvgIpc) is 2.50. The van der Waals surface area contributed by atoms with Crippen LogP contribution >= 0.6 is 0 Å². The molecule has 0 radical (unpaired) electrons. The van der Waals surface area contributed by atoms with Crippen LogP contribution in [-0.2, 0) is 16.0 Å². The lowest BCUT2D eigenvalue weighted by Gasteiger charge is -2.08. The first kappa shape index (κ1) is 16.2. The van der Waals surface area contributed by atoms with Gasteiger partial charge in [0.05, 0.1) is 14.2 Å². The third kappa shape index (κ3) is 5.05. The number of nitrogens with one attached hydrogen (secondary N) is 1. The largest absolute Gasteiger partial charge is 0.496 e. The van der Waals surface area contributed by atoms with Crippen molar-refractivity contribution < 1.29 is 14.3 Å². The van der Waals surface area contributed by atoms with E-state index in [1.165, 1.54) is 12.7 Å². The first-order chi connectivity index (χ1) is 9.72. The molecule has 0 aliphatic heterocycles. The summed E-state index contributed by atoms with van der Waals surface area (Å²) in [6.07, 6.45) is 3.45. The van der Waals surface area contributed by atoms with Crippen LogP contribution in [0.3, 0.4) is 0 Å². The lowest BCUT2D eigenvalue weighted by atomic mass is 10.1. The van der Waals surface area contributed by atoms with Crippen molar-refractivity contribution in [2.75, 3.05) is 27.3 Å². The van der Waals surface area contributed by atoms with Gasteiger partial charge < -0.3 is 14.8 Å². The SMILES string of the molecule is CC/C(=C/CNCCc1ccccc1OC)C(=O)OC. The van der Waals surface area contributed by atoms with E-state index in [-0.39, 0.29) is 5.97 Å². The fourth-order valence-electron chi connectivity index (χ4n) is 1.93. The molecule has 0 fully saturated rings. The van der Waals surface area contributed by atoms with E-state index in [0.29, 0.717) is 18.5 Å². The number of carbonyl (C=O) groups is 1. The summed E-state index contributed by atoms with van der Waals surface area (Å²) in [5.41, 5.74) is 1.88. The molecular formula is C16H23NO3. The molecule has 0 amide bonds. The number of rotatable bonds is 8. The molecule has 0 unspecified atom stereocenters. The third-order valence-electron chi connectivity index (χ3n) is 3.08. The molecule has 0 saturated heterocycles. The molecule has 1 rings (SSSR count). The minimum atomic E-state index is -0.251. The Morgan fingerprint density at radius 1 is 1.30 bits per heavy atom. The van der Waals surface area contributed by atoms with Crippen LogP contribution in [0.1, 0.15) is 18.9 Å². The van der Waals surface area contributed by atoms with Crippen LogP contribution in [0.25, 0.3) is 0 Å². The van der Waals surface area contributed by atoms with Crippen molar-refractivity contribution in [2.24, 2.45) is 0 Å². The van der Waals surface area contributed by atoms with Gasteiger partial charge in [-0.25, -0.2) is 4.79 Å². The predicted octanol–water partition coefficient (Wildman–Crippen LogP) is 2.34. The lowest BCUT2D eigenvalue weighted by molar-refractivity contribution is -0.136. The highest BCUT2D eigenvalue weighted by molar-refractivity contribution is 5.88.